The molecule has 0 aliphatic carbocycles. The number of fused-ring (bicyclic) bond motifs is 3. The lowest BCUT2D eigenvalue weighted by Gasteiger charge is -2.19. The molecule has 3 atom stereocenters. The Bertz CT molecular complexity index is 619. The minimum atomic E-state index is 0.569. The molecule has 94 valence electrons. The number of nitrogens with one attached hydrogen (secondary N) is 1. The van der Waals surface area contributed by atoms with Crippen LogP contribution in [0.1, 0.15) is 31.0 Å². The van der Waals surface area contributed by atoms with E-state index in [9.17, 15) is 0 Å². The smallest absolute Gasteiger partial charge is 0.114 e. The van der Waals surface area contributed by atoms with Crippen LogP contribution >= 0.6 is 11.6 Å². The molecule has 0 spiro atoms. The number of rotatable bonds is 1. The van der Waals surface area contributed by atoms with E-state index in [4.69, 9.17) is 16.6 Å². The van der Waals surface area contributed by atoms with Crippen molar-refractivity contribution in [3.05, 3.63) is 29.0 Å². The zero-order chi connectivity index (χ0) is 12.3. The highest BCUT2D eigenvalue weighted by Gasteiger charge is 2.41. The van der Waals surface area contributed by atoms with Crippen LogP contribution in [0, 0.1) is 0 Å². The summed E-state index contributed by atoms with van der Waals surface area (Å²) in [5.74, 6) is 1.78. The number of aryl methyl sites for hydroxylation is 1. The fourth-order valence-corrected chi connectivity index (χ4v) is 3.80. The van der Waals surface area contributed by atoms with Crippen molar-refractivity contribution in [3.63, 3.8) is 0 Å². The average molecular weight is 262 g/mol. The number of aromatic nitrogens is 2. The van der Waals surface area contributed by atoms with E-state index < -0.39 is 0 Å². The summed E-state index contributed by atoms with van der Waals surface area (Å²) in [7, 11) is 2.12. The summed E-state index contributed by atoms with van der Waals surface area (Å²) in [6, 6.07) is 7.30. The zero-order valence-electron chi connectivity index (χ0n) is 10.4. The molecule has 1 aromatic heterocycles. The highest BCUT2D eigenvalue weighted by atomic mass is 35.5. The van der Waals surface area contributed by atoms with Crippen molar-refractivity contribution >= 4 is 22.6 Å². The maximum Gasteiger partial charge on any atom is 0.114 e. The second kappa shape index (κ2) is 3.72. The number of hydrogen-bond acceptors (Lipinski definition) is 2. The van der Waals surface area contributed by atoms with E-state index in [1.807, 2.05) is 12.1 Å². The average Bonchev–Trinajstić information content (AvgIpc) is 3.03. The zero-order valence-corrected chi connectivity index (χ0v) is 11.1. The Kier molecular flexibility index (Phi) is 2.24. The van der Waals surface area contributed by atoms with E-state index in [0.717, 1.165) is 10.5 Å². The first-order valence-corrected chi connectivity index (χ1v) is 6.98. The molecule has 0 saturated carbocycles. The molecule has 2 aliphatic rings. The van der Waals surface area contributed by atoms with Gasteiger partial charge in [-0.2, -0.15) is 0 Å². The first-order chi connectivity index (χ1) is 8.72. The number of hydrogen-bond donors (Lipinski definition) is 1. The number of benzene rings is 1. The largest absolute Gasteiger partial charge is 0.331 e. The Morgan fingerprint density at radius 2 is 2.28 bits per heavy atom. The van der Waals surface area contributed by atoms with E-state index in [-0.39, 0.29) is 0 Å². The fraction of sp³-hybridized carbons (Fsp3) is 0.500. The van der Waals surface area contributed by atoms with E-state index in [1.165, 1.54) is 30.6 Å². The summed E-state index contributed by atoms with van der Waals surface area (Å²) in [5.41, 5.74) is 2.19. The van der Waals surface area contributed by atoms with Crippen LogP contribution in [0.15, 0.2) is 18.2 Å². The van der Waals surface area contributed by atoms with Gasteiger partial charge in [-0.25, -0.2) is 4.98 Å². The third-order valence-electron chi connectivity index (χ3n) is 4.51. The predicted molar refractivity (Wildman–Crippen MR) is 73.0 cm³/mol. The highest BCUT2D eigenvalue weighted by Crippen LogP contribution is 2.40. The first kappa shape index (κ1) is 10.8. The van der Waals surface area contributed by atoms with Crippen LogP contribution in [0.5, 0.6) is 0 Å². The standard InChI is InChI=1S/C14H16ClN3/c1-18-13-5-2-8(15)6-12(13)17-14(18)10-7-9-3-4-11(10)16-9/h2,5-6,9-11,16H,3-4,7H2,1H3. The molecule has 4 heteroatoms. The van der Waals surface area contributed by atoms with Gasteiger partial charge in [0.05, 0.1) is 11.0 Å². The number of imidazole rings is 1. The SMILES string of the molecule is Cn1c(C2CC3CCC2N3)nc2cc(Cl)ccc21. The summed E-state index contributed by atoms with van der Waals surface area (Å²) < 4.78 is 2.23. The molecule has 2 bridgehead atoms. The number of nitrogens with zero attached hydrogens (tertiary/aromatic N) is 2. The van der Waals surface area contributed by atoms with Gasteiger partial charge in [-0.1, -0.05) is 11.6 Å². The van der Waals surface area contributed by atoms with Gasteiger partial charge in [0.1, 0.15) is 5.82 Å². The molecule has 1 aromatic carbocycles. The van der Waals surface area contributed by atoms with Crippen LogP contribution < -0.4 is 5.32 Å². The highest BCUT2D eigenvalue weighted by molar-refractivity contribution is 6.31. The molecule has 3 unspecified atom stereocenters. The second-order valence-corrected chi connectivity index (χ2v) is 5.99. The van der Waals surface area contributed by atoms with Gasteiger partial charge in [0.2, 0.25) is 0 Å². The van der Waals surface area contributed by atoms with Crippen LogP contribution in [-0.2, 0) is 7.05 Å². The van der Waals surface area contributed by atoms with Crippen LogP contribution in [-0.4, -0.2) is 21.6 Å². The van der Waals surface area contributed by atoms with Crippen molar-refractivity contribution in [2.75, 3.05) is 0 Å². The molecule has 2 aromatic rings. The normalized spacial score (nSPS) is 30.4. The summed E-state index contributed by atoms with van der Waals surface area (Å²) in [6.07, 6.45) is 3.85. The predicted octanol–water partition coefficient (Wildman–Crippen LogP) is 2.83. The first-order valence-electron chi connectivity index (χ1n) is 6.60. The van der Waals surface area contributed by atoms with E-state index in [1.54, 1.807) is 0 Å². The van der Waals surface area contributed by atoms with Crippen LogP contribution in [0.4, 0.5) is 0 Å². The topological polar surface area (TPSA) is 29.9 Å². The van der Waals surface area contributed by atoms with Gasteiger partial charge in [0.15, 0.2) is 0 Å². The third kappa shape index (κ3) is 1.44. The van der Waals surface area contributed by atoms with Crippen LogP contribution in [0.2, 0.25) is 5.02 Å². The molecule has 2 aliphatic heterocycles. The van der Waals surface area contributed by atoms with Gasteiger partial charge in [-0.3, -0.25) is 0 Å². The van der Waals surface area contributed by atoms with Gasteiger partial charge in [0.25, 0.3) is 0 Å². The summed E-state index contributed by atoms with van der Waals surface area (Å²) in [5, 5.41) is 4.44. The van der Waals surface area contributed by atoms with Crippen molar-refractivity contribution < 1.29 is 0 Å². The maximum atomic E-state index is 6.04. The molecular weight excluding hydrogens is 246 g/mol. The molecule has 3 nitrogen and oxygen atoms in total. The lowest BCUT2D eigenvalue weighted by Crippen LogP contribution is -2.23. The van der Waals surface area contributed by atoms with Gasteiger partial charge < -0.3 is 9.88 Å². The fourth-order valence-electron chi connectivity index (χ4n) is 3.63. The number of halogens is 1. The lowest BCUT2D eigenvalue weighted by atomic mass is 9.88. The van der Waals surface area contributed by atoms with Crippen molar-refractivity contribution in [1.29, 1.82) is 0 Å². The summed E-state index contributed by atoms with van der Waals surface area (Å²) in [4.78, 5) is 4.81. The molecule has 1 N–H and O–H groups in total. The molecule has 4 rings (SSSR count). The van der Waals surface area contributed by atoms with Gasteiger partial charge in [0, 0.05) is 30.1 Å². The minimum Gasteiger partial charge on any atom is -0.331 e. The van der Waals surface area contributed by atoms with Crippen molar-refractivity contribution in [2.45, 2.75) is 37.3 Å². The monoisotopic (exact) mass is 261 g/mol. The molecule has 0 amide bonds. The van der Waals surface area contributed by atoms with Crippen molar-refractivity contribution in [2.24, 2.45) is 7.05 Å². The quantitative estimate of drug-likeness (QED) is 0.856. The Labute approximate surface area is 111 Å². The van der Waals surface area contributed by atoms with E-state index in [0.29, 0.717) is 18.0 Å². The van der Waals surface area contributed by atoms with Gasteiger partial charge in [-0.05, 0) is 37.5 Å². The second-order valence-electron chi connectivity index (χ2n) is 5.55. The molecule has 18 heavy (non-hydrogen) atoms. The van der Waals surface area contributed by atoms with E-state index >= 15 is 0 Å². The molecule has 3 heterocycles. The van der Waals surface area contributed by atoms with E-state index in [2.05, 4.69) is 23.0 Å². The Balaban J connectivity index is 1.83. The third-order valence-corrected chi connectivity index (χ3v) is 4.74. The molecular formula is C14H16ClN3. The molecule has 0 radical (unpaired) electrons. The lowest BCUT2D eigenvalue weighted by molar-refractivity contribution is 0.478. The molecule has 2 fully saturated rings. The van der Waals surface area contributed by atoms with Crippen LogP contribution in [0.25, 0.3) is 11.0 Å². The van der Waals surface area contributed by atoms with Crippen LogP contribution in [0.3, 0.4) is 0 Å². The van der Waals surface area contributed by atoms with Gasteiger partial charge in [-0.15, -0.1) is 0 Å². The molecule has 2 saturated heterocycles. The van der Waals surface area contributed by atoms with Crippen molar-refractivity contribution in [3.8, 4) is 0 Å². The summed E-state index contributed by atoms with van der Waals surface area (Å²) in [6.45, 7) is 0. The maximum absolute atomic E-state index is 6.04. The Hall–Kier alpha value is -1.06. The summed E-state index contributed by atoms with van der Waals surface area (Å²) >= 11 is 6.04. The minimum absolute atomic E-state index is 0.569. The Morgan fingerprint density at radius 1 is 1.39 bits per heavy atom. The van der Waals surface area contributed by atoms with Crippen molar-refractivity contribution in [1.82, 2.24) is 14.9 Å². The Morgan fingerprint density at radius 3 is 3.00 bits per heavy atom. The van der Waals surface area contributed by atoms with Gasteiger partial charge >= 0.3 is 0 Å².